The Hall–Kier alpha value is -3.26. The number of tetrazole rings is 1. The van der Waals surface area contributed by atoms with Crippen LogP contribution in [0.3, 0.4) is 0 Å². The van der Waals surface area contributed by atoms with Crippen molar-refractivity contribution >= 4 is 29.2 Å². The number of carbonyl (C=O) groups is 1. The number of benzene rings is 2. The normalized spacial score (nSPS) is 15.6. The van der Waals surface area contributed by atoms with Crippen LogP contribution in [0.5, 0.6) is 0 Å². The number of rotatable bonds is 6. The number of hydrogen-bond acceptors (Lipinski definition) is 5. The van der Waals surface area contributed by atoms with Gasteiger partial charge in [-0.1, -0.05) is 54.8 Å². The molecule has 1 atom stereocenters. The van der Waals surface area contributed by atoms with Crippen LogP contribution in [0.1, 0.15) is 31.0 Å². The topological polar surface area (TPSA) is 75.9 Å². The number of aromatic nitrogens is 4. The smallest absolute Gasteiger partial charge is 0.251 e. The van der Waals surface area contributed by atoms with Crippen molar-refractivity contribution in [3.8, 4) is 0 Å². The van der Waals surface area contributed by atoms with Gasteiger partial charge >= 0.3 is 0 Å². The Morgan fingerprint density at radius 1 is 1.16 bits per heavy atom. The second kappa shape index (κ2) is 8.85. The maximum absolute atomic E-state index is 13.5. The number of anilines is 1. The predicted molar refractivity (Wildman–Crippen MR) is 117 cm³/mol. The first-order valence-electron chi connectivity index (χ1n) is 9.97. The van der Waals surface area contributed by atoms with Crippen LogP contribution >= 0.6 is 11.6 Å². The van der Waals surface area contributed by atoms with E-state index in [1.54, 1.807) is 33.8 Å². The third kappa shape index (κ3) is 4.59. The maximum Gasteiger partial charge on any atom is 0.251 e. The van der Waals surface area contributed by atoms with E-state index < -0.39 is 0 Å². The quantitative estimate of drug-likeness (QED) is 0.632. The lowest BCUT2D eigenvalue weighted by Crippen LogP contribution is -2.41. The number of nitrogens with one attached hydrogen (secondary N) is 1. The molecule has 2 aromatic carbocycles. The summed E-state index contributed by atoms with van der Waals surface area (Å²) in [6, 6.07) is 13.2. The molecular formula is C22H22ClFN6O. The number of fused-ring (bicyclic) bond motifs is 1. The molecule has 0 spiro atoms. The highest BCUT2D eigenvalue weighted by Crippen LogP contribution is 2.36. The lowest BCUT2D eigenvalue weighted by Gasteiger charge is -2.32. The van der Waals surface area contributed by atoms with Gasteiger partial charge in [-0.25, -0.2) is 4.39 Å². The second-order valence-corrected chi connectivity index (χ2v) is 8.20. The fourth-order valence-electron chi connectivity index (χ4n) is 3.41. The molecule has 0 aliphatic carbocycles. The van der Waals surface area contributed by atoms with E-state index in [2.05, 4.69) is 20.8 Å². The van der Waals surface area contributed by atoms with E-state index in [1.807, 2.05) is 32.1 Å². The van der Waals surface area contributed by atoms with Crippen LogP contribution in [-0.4, -0.2) is 39.2 Å². The molecule has 0 unspecified atom stereocenters. The standard InChI is InChI=1S/C22H22ClFN6O/c1-14(2)12-25-21(31)13-29-19(15-3-7-17(23)8-4-15)11-20(30-22(29)26-27-28-30)16-5-9-18(24)10-6-16/h3-11,14,20H,12-13H2,1-2H3,(H,25,31)/t20-/m0/s1. The molecule has 31 heavy (non-hydrogen) atoms. The van der Waals surface area contributed by atoms with E-state index in [0.717, 1.165) is 16.8 Å². The summed E-state index contributed by atoms with van der Waals surface area (Å²) in [5.74, 6) is 0.316. The van der Waals surface area contributed by atoms with Gasteiger partial charge in [0, 0.05) is 11.6 Å². The lowest BCUT2D eigenvalue weighted by atomic mass is 10.0. The molecule has 7 nitrogen and oxygen atoms in total. The largest absolute Gasteiger partial charge is 0.354 e. The number of amides is 1. The van der Waals surface area contributed by atoms with Crippen LogP contribution in [-0.2, 0) is 4.79 Å². The molecule has 1 amide bonds. The van der Waals surface area contributed by atoms with Crippen molar-refractivity contribution in [1.29, 1.82) is 0 Å². The van der Waals surface area contributed by atoms with Crippen molar-refractivity contribution in [2.75, 3.05) is 18.0 Å². The number of carbonyl (C=O) groups excluding carboxylic acids is 1. The minimum atomic E-state index is -0.355. The average Bonchev–Trinajstić information content (AvgIpc) is 3.24. The Bertz CT molecular complexity index is 1090. The zero-order valence-corrected chi connectivity index (χ0v) is 17.9. The van der Waals surface area contributed by atoms with E-state index in [4.69, 9.17) is 11.6 Å². The number of halogens is 2. The van der Waals surface area contributed by atoms with Crippen LogP contribution in [0.4, 0.5) is 10.3 Å². The zero-order valence-electron chi connectivity index (χ0n) is 17.2. The Morgan fingerprint density at radius 2 is 1.87 bits per heavy atom. The zero-order chi connectivity index (χ0) is 22.0. The molecular weight excluding hydrogens is 419 g/mol. The lowest BCUT2D eigenvalue weighted by molar-refractivity contribution is -0.119. The van der Waals surface area contributed by atoms with Crippen molar-refractivity contribution in [3.05, 3.63) is 76.6 Å². The van der Waals surface area contributed by atoms with Crippen LogP contribution in [0.15, 0.2) is 54.6 Å². The fraction of sp³-hybridized carbons (Fsp3) is 0.273. The molecule has 3 aromatic rings. The number of nitrogens with zero attached hydrogens (tertiary/aromatic N) is 5. The summed E-state index contributed by atoms with van der Waals surface area (Å²) >= 11 is 6.08. The maximum atomic E-state index is 13.5. The molecule has 1 aliphatic heterocycles. The summed E-state index contributed by atoms with van der Waals surface area (Å²) in [6.45, 7) is 4.70. The van der Waals surface area contributed by atoms with Gasteiger partial charge in [-0.2, -0.15) is 4.68 Å². The van der Waals surface area contributed by atoms with E-state index >= 15 is 0 Å². The van der Waals surface area contributed by atoms with Gasteiger partial charge < -0.3 is 5.32 Å². The SMILES string of the molecule is CC(C)CNC(=O)CN1C(c2ccc(Cl)cc2)=C[C@@H](c2ccc(F)cc2)n2nnnc21. The second-order valence-electron chi connectivity index (χ2n) is 7.76. The first kappa shape index (κ1) is 21.0. The predicted octanol–water partition coefficient (Wildman–Crippen LogP) is 3.69. The summed E-state index contributed by atoms with van der Waals surface area (Å²) in [5.41, 5.74) is 2.46. The Balaban J connectivity index is 1.76. The third-order valence-corrected chi connectivity index (χ3v) is 5.20. The summed E-state index contributed by atoms with van der Waals surface area (Å²) in [5, 5.41) is 15.7. The molecule has 0 bridgehead atoms. The summed E-state index contributed by atoms with van der Waals surface area (Å²) in [7, 11) is 0. The van der Waals surface area contributed by atoms with Crippen molar-refractivity contribution in [3.63, 3.8) is 0 Å². The molecule has 4 rings (SSSR count). The van der Waals surface area contributed by atoms with Crippen LogP contribution < -0.4 is 10.2 Å². The molecule has 160 valence electrons. The monoisotopic (exact) mass is 440 g/mol. The molecule has 0 saturated carbocycles. The Kier molecular flexibility index (Phi) is 5.99. The van der Waals surface area contributed by atoms with E-state index in [-0.39, 0.29) is 24.3 Å². The average molecular weight is 441 g/mol. The van der Waals surface area contributed by atoms with E-state index in [0.29, 0.717) is 23.4 Å². The van der Waals surface area contributed by atoms with E-state index in [9.17, 15) is 9.18 Å². The molecule has 2 heterocycles. The molecule has 1 aliphatic rings. The highest BCUT2D eigenvalue weighted by Gasteiger charge is 2.31. The highest BCUT2D eigenvalue weighted by molar-refractivity contribution is 6.30. The first-order valence-corrected chi connectivity index (χ1v) is 10.4. The summed E-state index contributed by atoms with van der Waals surface area (Å²) in [6.07, 6.45) is 1.97. The summed E-state index contributed by atoms with van der Waals surface area (Å²) in [4.78, 5) is 14.4. The van der Waals surface area contributed by atoms with Gasteiger partial charge in [0.2, 0.25) is 5.91 Å². The van der Waals surface area contributed by atoms with Gasteiger partial charge in [-0.3, -0.25) is 9.69 Å². The minimum Gasteiger partial charge on any atom is -0.354 e. The van der Waals surface area contributed by atoms with Gasteiger partial charge in [0.15, 0.2) is 0 Å². The summed E-state index contributed by atoms with van der Waals surface area (Å²) < 4.78 is 15.1. The van der Waals surface area contributed by atoms with Gasteiger partial charge in [-0.05, 0) is 57.8 Å². The van der Waals surface area contributed by atoms with Gasteiger partial charge in [0.05, 0.1) is 5.70 Å². The minimum absolute atomic E-state index is 0.0533. The third-order valence-electron chi connectivity index (χ3n) is 4.95. The van der Waals surface area contributed by atoms with Crippen LogP contribution in [0.25, 0.3) is 5.70 Å². The van der Waals surface area contributed by atoms with Crippen molar-refractivity contribution in [2.45, 2.75) is 19.9 Å². The van der Waals surface area contributed by atoms with Crippen molar-refractivity contribution in [1.82, 2.24) is 25.5 Å². The van der Waals surface area contributed by atoms with Gasteiger partial charge in [-0.15, -0.1) is 0 Å². The number of hydrogen-bond donors (Lipinski definition) is 1. The molecule has 1 aromatic heterocycles. The highest BCUT2D eigenvalue weighted by atomic mass is 35.5. The van der Waals surface area contributed by atoms with Crippen molar-refractivity contribution in [2.24, 2.45) is 5.92 Å². The molecule has 0 saturated heterocycles. The fourth-order valence-corrected chi connectivity index (χ4v) is 3.53. The molecule has 0 fully saturated rings. The molecule has 9 heteroatoms. The Labute approximate surface area is 184 Å². The van der Waals surface area contributed by atoms with E-state index in [1.165, 1.54) is 12.1 Å². The van der Waals surface area contributed by atoms with Gasteiger partial charge in [0.25, 0.3) is 5.95 Å². The first-order chi connectivity index (χ1) is 14.9. The van der Waals surface area contributed by atoms with Crippen LogP contribution in [0, 0.1) is 11.7 Å². The Morgan fingerprint density at radius 3 is 2.55 bits per heavy atom. The van der Waals surface area contributed by atoms with Crippen molar-refractivity contribution < 1.29 is 9.18 Å². The number of allylic oxidation sites excluding steroid dienone is 1. The van der Waals surface area contributed by atoms with Gasteiger partial charge in [0.1, 0.15) is 18.4 Å². The van der Waals surface area contributed by atoms with Crippen LogP contribution in [0.2, 0.25) is 5.02 Å². The molecule has 0 radical (unpaired) electrons. The molecule has 1 N–H and O–H groups in total.